The molecule has 1 aromatic carbocycles. The van der Waals surface area contributed by atoms with Crippen molar-refractivity contribution in [1.82, 2.24) is 10.1 Å². The summed E-state index contributed by atoms with van der Waals surface area (Å²) in [4.78, 5) is 14.5. The van der Waals surface area contributed by atoms with Crippen LogP contribution in [-0.2, 0) is 25.9 Å². The Bertz CT molecular complexity index is 650. The molecule has 2 aliphatic rings. The maximum Gasteiger partial charge on any atom is 0.276 e. The highest BCUT2D eigenvalue weighted by Crippen LogP contribution is 2.28. The third-order valence-electron chi connectivity index (χ3n) is 4.28. The van der Waals surface area contributed by atoms with Crippen molar-refractivity contribution in [1.29, 1.82) is 0 Å². The Morgan fingerprint density at radius 1 is 1.10 bits per heavy atom. The van der Waals surface area contributed by atoms with Crippen molar-refractivity contribution in [3.05, 3.63) is 52.4 Å². The van der Waals surface area contributed by atoms with Gasteiger partial charge >= 0.3 is 0 Å². The van der Waals surface area contributed by atoms with Crippen molar-refractivity contribution in [2.24, 2.45) is 0 Å². The molecule has 0 bridgehead atoms. The van der Waals surface area contributed by atoms with Crippen LogP contribution >= 0.6 is 0 Å². The van der Waals surface area contributed by atoms with E-state index < -0.39 is 0 Å². The highest BCUT2D eigenvalue weighted by Gasteiger charge is 2.30. The van der Waals surface area contributed by atoms with Gasteiger partial charge in [-0.15, -0.1) is 0 Å². The van der Waals surface area contributed by atoms with Gasteiger partial charge in [0.1, 0.15) is 5.76 Å². The zero-order valence-corrected chi connectivity index (χ0v) is 11.3. The van der Waals surface area contributed by atoms with Crippen LogP contribution in [0.25, 0.3) is 0 Å². The zero-order valence-electron chi connectivity index (χ0n) is 11.3. The summed E-state index contributed by atoms with van der Waals surface area (Å²) in [6, 6.07) is 8.21. The molecule has 0 N–H and O–H groups in total. The Labute approximate surface area is 117 Å². The van der Waals surface area contributed by atoms with E-state index in [9.17, 15) is 4.79 Å². The van der Waals surface area contributed by atoms with Crippen LogP contribution in [-0.4, -0.2) is 16.0 Å². The second kappa shape index (κ2) is 4.47. The Morgan fingerprint density at radius 3 is 2.55 bits per heavy atom. The van der Waals surface area contributed by atoms with Gasteiger partial charge in [-0.2, -0.15) is 0 Å². The number of rotatable bonds is 1. The van der Waals surface area contributed by atoms with E-state index in [1.54, 1.807) is 0 Å². The first kappa shape index (κ1) is 11.7. The second-order valence-electron chi connectivity index (χ2n) is 5.57. The quantitative estimate of drug-likeness (QED) is 0.799. The molecule has 4 heteroatoms. The average Bonchev–Trinajstić information content (AvgIpc) is 3.10. The van der Waals surface area contributed by atoms with Crippen molar-refractivity contribution in [3.63, 3.8) is 0 Å². The SMILES string of the molecule is O=C(c1noc2c1CCCC2)N1Cc2ccccc2C1. The first-order valence-corrected chi connectivity index (χ1v) is 7.16. The number of carbonyl (C=O) groups excluding carboxylic acids is 1. The zero-order chi connectivity index (χ0) is 13.5. The maximum absolute atomic E-state index is 12.7. The molecule has 4 nitrogen and oxygen atoms in total. The molecule has 0 saturated heterocycles. The number of hydrogen-bond acceptors (Lipinski definition) is 3. The van der Waals surface area contributed by atoms with E-state index in [1.165, 1.54) is 11.1 Å². The summed E-state index contributed by atoms with van der Waals surface area (Å²) in [5.74, 6) is 0.921. The lowest BCUT2D eigenvalue weighted by Gasteiger charge is -2.15. The topological polar surface area (TPSA) is 46.3 Å². The number of aromatic nitrogens is 1. The molecule has 0 radical (unpaired) electrons. The fraction of sp³-hybridized carbons (Fsp3) is 0.375. The molecule has 0 unspecified atom stereocenters. The van der Waals surface area contributed by atoms with Crippen molar-refractivity contribution in [2.75, 3.05) is 0 Å². The van der Waals surface area contributed by atoms with Gasteiger partial charge in [0.25, 0.3) is 5.91 Å². The molecule has 2 heterocycles. The molecule has 0 saturated carbocycles. The molecular formula is C16H16N2O2. The van der Waals surface area contributed by atoms with Gasteiger partial charge in [0.05, 0.1) is 0 Å². The van der Waals surface area contributed by atoms with Gasteiger partial charge in [-0.1, -0.05) is 29.4 Å². The molecule has 0 atom stereocenters. The molecule has 0 spiro atoms. The van der Waals surface area contributed by atoms with Crippen LogP contribution in [0.3, 0.4) is 0 Å². The highest BCUT2D eigenvalue weighted by molar-refractivity contribution is 5.94. The third-order valence-corrected chi connectivity index (χ3v) is 4.28. The number of amides is 1. The predicted molar refractivity (Wildman–Crippen MR) is 73.2 cm³/mol. The van der Waals surface area contributed by atoms with E-state index in [1.807, 2.05) is 17.0 Å². The summed E-state index contributed by atoms with van der Waals surface area (Å²) in [6.07, 6.45) is 4.08. The van der Waals surface area contributed by atoms with Crippen molar-refractivity contribution >= 4 is 5.91 Å². The smallest absolute Gasteiger partial charge is 0.276 e. The third kappa shape index (κ3) is 1.75. The molecule has 20 heavy (non-hydrogen) atoms. The van der Waals surface area contributed by atoms with Gasteiger partial charge < -0.3 is 9.42 Å². The van der Waals surface area contributed by atoms with E-state index in [2.05, 4.69) is 17.3 Å². The highest BCUT2D eigenvalue weighted by atomic mass is 16.5. The van der Waals surface area contributed by atoms with E-state index in [-0.39, 0.29) is 5.91 Å². The summed E-state index contributed by atoms with van der Waals surface area (Å²) < 4.78 is 5.35. The Hall–Kier alpha value is -2.10. The van der Waals surface area contributed by atoms with Gasteiger partial charge in [0, 0.05) is 25.1 Å². The molecular weight excluding hydrogens is 252 g/mol. The fourth-order valence-corrected chi connectivity index (χ4v) is 3.18. The van der Waals surface area contributed by atoms with Crippen LogP contribution in [0.1, 0.15) is 45.8 Å². The number of fused-ring (bicyclic) bond motifs is 2. The van der Waals surface area contributed by atoms with Gasteiger partial charge in [-0.3, -0.25) is 4.79 Å². The number of aryl methyl sites for hydroxylation is 1. The van der Waals surface area contributed by atoms with Crippen molar-refractivity contribution < 1.29 is 9.32 Å². The van der Waals surface area contributed by atoms with Crippen LogP contribution in [0.5, 0.6) is 0 Å². The number of nitrogens with zero attached hydrogens (tertiary/aromatic N) is 2. The molecule has 2 aromatic rings. The molecule has 0 fully saturated rings. The standard InChI is InChI=1S/C16H16N2O2/c19-16(15-13-7-3-4-8-14(13)20-17-15)18-9-11-5-1-2-6-12(11)10-18/h1-2,5-6H,3-4,7-10H2. The number of benzene rings is 1. The van der Waals surface area contributed by atoms with Crippen LogP contribution < -0.4 is 0 Å². The van der Waals surface area contributed by atoms with E-state index in [4.69, 9.17) is 4.52 Å². The lowest BCUT2D eigenvalue weighted by molar-refractivity contribution is 0.0740. The Kier molecular flexibility index (Phi) is 2.62. The minimum absolute atomic E-state index is 0.00750. The summed E-state index contributed by atoms with van der Waals surface area (Å²) in [5.41, 5.74) is 4.04. The van der Waals surface area contributed by atoms with E-state index in [0.717, 1.165) is 37.0 Å². The number of hydrogen-bond donors (Lipinski definition) is 0. The van der Waals surface area contributed by atoms with Crippen molar-refractivity contribution in [3.8, 4) is 0 Å². The molecule has 1 aliphatic heterocycles. The van der Waals surface area contributed by atoms with Crippen LogP contribution in [0, 0.1) is 0 Å². The Morgan fingerprint density at radius 2 is 1.80 bits per heavy atom. The summed E-state index contributed by atoms with van der Waals surface area (Å²) in [6.45, 7) is 1.35. The molecule has 1 aliphatic carbocycles. The first-order chi connectivity index (χ1) is 9.83. The average molecular weight is 268 g/mol. The first-order valence-electron chi connectivity index (χ1n) is 7.16. The predicted octanol–water partition coefficient (Wildman–Crippen LogP) is 2.71. The fourth-order valence-electron chi connectivity index (χ4n) is 3.18. The summed E-state index contributed by atoms with van der Waals surface area (Å²) in [7, 11) is 0. The molecule has 1 aromatic heterocycles. The minimum atomic E-state index is 0.00750. The maximum atomic E-state index is 12.7. The minimum Gasteiger partial charge on any atom is -0.360 e. The van der Waals surface area contributed by atoms with Gasteiger partial charge in [-0.05, 0) is 30.4 Å². The van der Waals surface area contributed by atoms with E-state index in [0.29, 0.717) is 18.8 Å². The monoisotopic (exact) mass is 268 g/mol. The van der Waals surface area contributed by atoms with Gasteiger partial charge in [0.15, 0.2) is 5.69 Å². The largest absolute Gasteiger partial charge is 0.360 e. The second-order valence-corrected chi connectivity index (χ2v) is 5.57. The van der Waals surface area contributed by atoms with Gasteiger partial charge in [0.2, 0.25) is 0 Å². The van der Waals surface area contributed by atoms with Crippen LogP contribution in [0.4, 0.5) is 0 Å². The normalized spacial score (nSPS) is 16.9. The number of carbonyl (C=O) groups is 1. The lowest BCUT2D eigenvalue weighted by atomic mass is 9.96. The molecule has 4 rings (SSSR count). The molecule has 1 amide bonds. The summed E-state index contributed by atoms with van der Waals surface area (Å²) >= 11 is 0. The molecule has 102 valence electrons. The lowest BCUT2D eigenvalue weighted by Crippen LogP contribution is -2.26. The van der Waals surface area contributed by atoms with Gasteiger partial charge in [-0.25, -0.2) is 0 Å². The van der Waals surface area contributed by atoms with E-state index >= 15 is 0 Å². The van der Waals surface area contributed by atoms with Crippen LogP contribution in [0.15, 0.2) is 28.8 Å². The van der Waals surface area contributed by atoms with Crippen molar-refractivity contribution in [2.45, 2.75) is 38.8 Å². The summed E-state index contributed by atoms with van der Waals surface area (Å²) in [5, 5.41) is 4.04. The van der Waals surface area contributed by atoms with Crippen LogP contribution in [0.2, 0.25) is 0 Å². The Balaban J connectivity index is 1.62.